The molecule has 0 amide bonds. The van der Waals surface area contributed by atoms with Crippen molar-refractivity contribution in [3.63, 3.8) is 0 Å². The van der Waals surface area contributed by atoms with E-state index < -0.39 is 0 Å². The van der Waals surface area contributed by atoms with Crippen molar-refractivity contribution in [3.8, 4) is 0 Å². The average molecular weight is 266 g/mol. The smallest absolute Gasteiger partial charge is 0.276 e. The minimum atomic E-state index is -0.330. The number of fused-ring (bicyclic) bond motifs is 1. The highest BCUT2D eigenvalue weighted by molar-refractivity contribution is 5.64. The van der Waals surface area contributed by atoms with Gasteiger partial charge in [-0.25, -0.2) is 0 Å². The molecule has 20 heavy (non-hydrogen) atoms. The van der Waals surface area contributed by atoms with Gasteiger partial charge in [0, 0.05) is 5.69 Å². The second-order valence-electron chi connectivity index (χ2n) is 4.82. The van der Waals surface area contributed by atoms with E-state index in [9.17, 15) is 10.1 Å². The summed E-state index contributed by atoms with van der Waals surface area (Å²) in [5.41, 5.74) is 3.63. The lowest BCUT2D eigenvalue weighted by molar-refractivity contribution is -0.430. The summed E-state index contributed by atoms with van der Waals surface area (Å²) in [5.74, 6) is -0.330. The summed E-state index contributed by atoms with van der Waals surface area (Å²) in [7, 11) is 0. The Hall–Kier alpha value is -2.62. The lowest BCUT2D eigenvalue weighted by atomic mass is 9.84. The third-order valence-corrected chi connectivity index (χ3v) is 3.58. The Balaban J connectivity index is 2.24. The number of rotatable bonds is 2. The Labute approximate surface area is 116 Å². The third kappa shape index (κ3) is 1.95. The van der Waals surface area contributed by atoms with Gasteiger partial charge in [-0.3, -0.25) is 10.1 Å². The quantitative estimate of drug-likeness (QED) is 0.665. The molecule has 1 atom stereocenters. The first kappa shape index (κ1) is 12.4. The van der Waals surface area contributed by atoms with Crippen molar-refractivity contribution in [2.45, 2.75) is 12.8 Å². The average Bonchev–Trinajstić information content (AvgIpc) is 2.46. The van der Waals surface area contributed by atoms with Crippen molar-refractivity contribution in [2.75, 3.05) is 5.32 Å². The summed E-state index contributed by atoms with van der Waals surface area (Å²) in [6.07, 6.45) is 0. The fraction of sp³-hybridized carbons (Fsp3) is 0.125. The van der Waals surface area contributed by atoms with Crippen LogP contribution >= 0.6 is 0 Å². The minimum absolute atomic E-state index is 0.218. The lowest BCUT2D eigenvalue weighted by Gasteiger charge is -2.25. The second-order valence-corrected chi connectivity index (χ2v) is 4.82. The Morgan fingerprint density at radius 1 is 1.05 bits per heavy atom. The van der Waals surface area contributed by atoms with Gasteiger partial charge in [0.25, 0.3) is 5.70 Å². The van der Waals surface area contributed by atoms with Gasteiger partial charge in [-0.05, 0) is 24.1 Å². The van der Waals surface area contributed by atoms with E-state index >= 15 is 0 Å². The first-order valence-electron chi connectivity index (χ1n) is 6.44. The number of hydrogen-bond acceptors (Lipinski definition) is 3. The summed E-state index contributed by atoms with van der Waals surface area (Å²) in [6.45, 7) is 1.75. The van der Waals surface area contributed by atoms with Gasteiger partial charge >= 0.3 is 0 Å². The highest BCUT2D eigenvalue weighted by Gasteiger charge is 2.35. The second kappa shape index (κ2) is 4.81. The molecule has 100 valence electrons. The molecular weight excluding hydrogens is 252 g/mol. The Kier molecular flexibility index (Phi) is 2.99. The van der Waals surface area contributed by atoms with Crippen LogP contribution in [0.25, 0.3) is 0 Å². The number of hydrogen-bond donors (Lipinski definition) is 1. The molecule has 4 nitrogen and oxygen atoms in total. The SMILES string of the molecule is CC1=C([N+](=O)[O-])C(c2ccccc2)c2ccccc2N1. The van der Waals surface area contributed by atoms with Crippen LogP contribution in [0.5, 0.6) is 0 Å². The van der Waals surface area contributed by atoms with Crippen molar-refractivity contribution < 1.29 is 4.92 Å². The van der Waals surface area contributed by atoms with Crippen LogP contribution in [0.4, 0.5) is 5.69 Å². The van der Waals surface area contributed by atoms with E-state index in [4.69, 9.17) is 0 Å². The Bertz CT molecular complexity index is 693. The van der Waals surface area contributed by atoms with E-state index in [0.717, 1.165) is 16.8 Å². The highest BCUT2D eigenvalue weighted by atomic mass is 16.6. The van der Waals surface area contributed by atoms with Crippen LogP contribution in [0.15, 0.2) is 66.0 Å². The normalized spacial score (nSPS) is 17.4. The fourth-order valence-electron chi connectivity index (χ4n) is 2.72. The van der Waals surface area contributed by atoms with Gasteiger partial charge < -0.3 is 5.32 Å². The predicted octanol–water partition coefficient (Wildman–Crippen LogP) is 3.75. The summed E-state index contributed by atoms with van der Waals surface area (Å²) >= 11 is 0. The van der Waals surface area contributed by atoms with Crippen LogP contribution < -0.4 is 5.32 Å². The van der Waals surface area contributed by atoms with Gasteiger partial charge in [-0.1, -0.05) is 48.5 Å². The van der Waals surface area contributed by atoms with Crippen molar-refractivity contribution in [1.82, 2.24) is 0 Å². The van der Waals surface area contributed by atoms with Gasteiger partial charge in [0.2, 0.25) is 0 Å². The van der Waals surface area contributed by atoms with Gasteiger partial charge in [-0.15, -0.1) is 0 Å². The molecular formula is C16H14N2O2. The number of nitrogens with one attached hydrogen (secondary N) is 1. The zero-order valence-electron chi connectivity index (χ0n) is 11.0. The maximum Gasteiger partial charge on any atom is 0.276 e. The summed E-state index contributed by atoms with van der Waals surface area (Å²) in [4.78, 5) is 11.2. The van der Waals surface area contributed by atoms with Crippen molar-refractivity contribution in [1.29, 1.82) is 0 Å². The number of anilines is 1. The third-order valence-electron chi connectivity index (χ3n) is 3.58. The fourth-order valence-corrected chi connectivity index (χ4v) is 2.72. The molecule has 4 heteroatoms. The number of nitro groups is 1. The molecule has 2 aromatic rings. The minimum Gasteiger partial charge on any atom is -0.354 e. The van der Waals surface area contributed by atoms with E-state index in [0.29, 0.717) is 5.70 Å². The topological polar surface area (TPSA) is 55.2 Å². The van der Waals surface area contributed by atoms with Crippen molar-refractivity contribution in [2.24, 2.45) is 0 Å². The van der Waals surface area contributed by atoms with Gasteiger partial charge in [-0.2, -0.15) is 0 Å². The number of benzene rings is 2. The molecule has 0 radical (unpaired) electrons. The molecule has 1 aliphatic rings. The summed E-state index contributed by atoms with van der Waals surface area (Å²) in [6, 6.07) is 17.3. The van der Waals surface area contributed by atoms with Gasteiger partial charge in [0.1, 0.15) is 5.92 Å². The number of allylic oxidation sites excluding steroid dienone is 2. The number of nitrogens with zero attached hydrogens (tertiary/aromatic N) is 1. The predicted molar refractivity (Wildman–Crippen MR) is 78.0 cm³/mol. The maximum atomic E-state index is 11.5. The largest absolute Gasteiger partial charge is 0.354 e. The van der Waals surface area contributed by atoms with E-state index in [1.165, 1.54) is 0 Å². The molecule has 0 bridgehead atoms. The highest BCUT2D eigenvalue weighted by Crippen LogP contribution is 2.41. The molecule has 1 heterocycles. The molecule has 0 fully saturated rings. The van der Waals surface area contributed by atoms with Crippen LogP contribution in [0.2, 0.25) is 0 Å². The van der Waals surface area contributed by atoms with E-state index in [1.54, 1.807) is 6.92 Å². The van der Waals surface area contributed by atoms with Crippen molar-refractivity contribution in [3.05, 3.63) is 87.2 Å². The molecule has 0 aromatic heterocycles. The van der Waals surface area contributed by atoms with Crippen LogP contribution in [0.3, 0.4) is 0 Å². The molecule has 1 unspecified atom stereocenters. The molecule has 2 aromatic carbocycles. The van der Waals surface area contributed by atoms with Crippen LogP contribution in [0, 0.1) is 10.1 Å². The van der Waals surface area contributed by atoms with Crippen LogP contribution in [-0.4, -0.2) is 4.92 Å². The van der Waals surface area contributed by atoms with Crippen LogP contribution in [-0.2, 0) is 0 Å². The van der Waals surface area contributed by atoms with E-state index in [2.05, 4.69) is 5.32 Å². The Morgan fingerprint density at radius 3 is 2.40 bits per heavy atom. The molecule has 0 saturated carbocycles. The standard InChI is InChI=1S/C16H14N2O2/c1-11-16(18(19)20)15(12-7-3-2-4-8-12)13-9-5-6-10-14(13)17-11/h2-10,15,17H,1H3. The van der Waals surface area contributed by atoms with Crippen molar-refractivity contribution >= 4 is 5.69 Å². The maximum absolute atomic E-state index is 11.5. The zero-order chi connectivity index (χ0) is 14.1. The molecule has 0 spiro atoms. The van der Waals surface area contributed by atoms with Gasteiger partial charge in [0.15, 0.2) is 0 Å². The molecule has 0 aliphatic carbocycles. The molecule has 1 N–H and O–H groups in total. The van der Waals surface area contributed by atoms with Crippen LogP contribution in [0.1, 0.15) is 24.0 Å². The summed E-state index contributed by atoms with van der Waals surface area (Å²) < 4.78 is 0. The van der Waals surface area contributed by atoms with E-state index in [-0.39, 0.29) is 16.5 Å². The molecule has 1 aliphatic heterocycles. The van der Waals surface area contributed by atoms with Gasteiger partial charge in [0.05, 0.1) is 10.6 Å². The molecule has 3 rings (SSSR count). The molecule has 0 saturated heterocycles. The van der Waals surface area contributed by atoms with E-state index in [1.807, 2.05) is 54.6 Å². The summed E-state index contributed by atoms with van der Waals surface area (Å²) in [5, 5.41) is 14.6. The number of para-hydroxylation sites is 1. The Morgan fingerprint density at radius 2 is 1.70 bits per heavy atom. The first-order chi connectivity index (χ1) is 9.68. The monoisotopic (exact) mass is 266 g/mol. The zero-order valence-corrected chi connectivity index (χ0v) is 11.0. The lowest BCUT2D eigenvalue weighted by Crippen LogP contribution is -2.22. The first-order valence-corrected chi connectivity index (χ1v) is 6.44.